The summed E-state index contributed by atoms with van der Waals surface area (Å²) in [6, 6.07) is 0. The van der Waals surface area contributed by atoms with E-state index in [1.807, 2.05) is 0 Å². The van der Waals surface area contributed by atoms with Crippen LogP contribution in [0.3, 0.4) is 0 Å². The summed E-state index contributed by atoms with van der Waals surface area (Å²) in [7, 11) is 0. The Bertz CT molecular complexity index is 456. The monoisotopic (exact) mass is 302 g/mol. The van der Waals surface area contributed by atoms with Crippen molar-refractivity contribution in [3.63, 3.8) is 0 Å². The van der Waals surface area contributed by atoms with Crippen LogP contribution >= 0.6 is 0 Å². The highest BCUT2D eigenvalue weighted by atomic mass is 19.1. The van der Waals surface area contributed by atoms with Gasteiger partial charge in [0, 0.05) is 11.8 Å². The zero-order valence-corrected chi connectivity index (χ0v) is 11.7. The van der Waals surface area contributed by atoms with E-state index in [1.165, 1.54) is 11.1 Å². The molecule has 2 aliphatic rings. The quantitative estimate of drug-likeness (QED) is 0.617. The highest BCUT2D eigenvalue weighted by Gasteiger charge is 2.47. The first-order valence-electron chi connectivity index (χ1n) is 6.58. The van der Waals surface area contributed by atoms with Gasteiger partial charge in [0.1, 0.15) is 30.8 Å². The molecule has 2 heterocycles. The van der Waals surface area contributed by atoms with Crippen molar-refractivity contribution in [1.29, 1.82) is 0 Å². The largest absolute Gasteiger partial charge is 0.394 e. The van der Waals surface area contributed by atoms with Gasteiger partial charge in [-0.3, -0.25) is 4.79 Å². The maximum Gasteiger partial charge on any atom is 0.253 e. The van der Waals surface area contributed by atoms with E-state index in [2.05, 4.69) is 11.9 Å². The van der Waals surface area contributed by atoms with E-state index < -0.39 is 37.8 Å². The van der Waals surface area contributed by atoms with Crippen LogP contribution in [0.1, 0.15) is 6.92 Å². The number of amides is 1. The fourth-order valence-corrected chi connectivity index (χ4v) is 2.32. The molecule has 2 rings (SSSR count). The maximum absolute atomic E-state index is 12.3. The minimum absolute atomic E-state index is 0.199. The molecule has 7 nitrogen and oxygen atoms in total. The van der Waals surface area contributed by atoms with Crippen molar-refractivity contribution in [2.45, 2.75) is 31.5 Å². The molecule has 1 unspecified atom stereocenters. The van der Waals surface area contributed by atoms with Gasteiger partial charge in [-0.1, -0.05) is 6.58 Å². The van der Waals surface area contributed by atoms with Gasteiger partial charge in [-0.25, -0.2) is 4.39 Å². The second-order valence-corrected chi connectivity index (χ2v) is 4.88. The number of nitrogens with one attached hydrogen (secondary N) is 1. The Morgan fingerprint density at radius 1 is 1.62 bits per heavy atom. The predicted octanol–water partition coefficient (Wildman–Crippen LogP) is -0.774. The Hall–Kier alpha value is -1.48. The first-order chi connectivity index (χ1) is 9.99. The summed E-state index contributed by atoms with van der Waals surface area (Å²) in [5, 5.41) is 21.8. The molecule has 1 saturated heterocycles. The molecule has 21 heavy (non-hydrogen) atoms. The maximum atomic E-state index is 12.3. The van der Waals surface area contributed by atoms with Gasteiger partial charge in [-0.05, 0) is 6.92 Å². The van der Waals surface area contributed by atoms with Crippen LogP contribution in [0.5, 0.6) is 0 Å². The van der Waals surface area contributed by atoms with Gasteiger partial charge < -0.3 is 29.9 Å². The molecule has 8 heteroatoms. The summed E-state index contributed by atoms with van der Waals surface area (Å²) < 4.78 is 23.1. The molecule has 118 valence electrons. The lowest BCUT2D eigenvalue weighted by molar-refractivity contribution is -0.120. The number of nitrogens with zero attached hydrogens (tertiary/aromatic N) is 1. The summed E-state index contributed by atoms with van der Waals surface area (Å²) in [5.41, 5.74) is 0.428. The van der Waals surface area contributed by atoms with Crippen molar-refractivity contribution in [1.82, 2.24) is 10.2 Å². The van der Waals surface area contributed by atoms with Crippen molar-refractivity contribution in [2.24, 2.45) is 0 Å². The second-order valence-electron chi connectivity index (χ2n) is 4.88. The highest BCUT2D eigenvalue weighted by molar-refractivity contribution is 5.94. The van der Waals surface area contributed by atoms with Gasteiger partial charge in [-0.15, -0.1) is 0 Å². The number of hydrogen-bond donors (Lipinski definition) is 3. The Labute approximate surface area is 121 Å². The average Bonchev–Trinajstić information content (AvgIpc) is 2.77. The summed E-state index contributed by atoms with van der Waals surface area (Å²) in [4.78, 5) is 13.0. The number of hydrogen-bond acceptors (Lipinski definition) is 6. The van der Waals surface area contributed by atoms with E-state index in [1.54, 1.807) is 6.92 Å². The van der Waals surface area contributed by atoms with Crippen LogP contribution in [0, 0.1) is 0 Å². The first kappa shape index (κ1) is 15.9. The minimum Gasteiger partial charge on any atom is -0.394 e. The smallest absolute Gasteiger partial charge is 0.253 e. The van der Waals surface area contributed by atoms with Crippen molar-refractivity contribution in [2.75, 3.05) is 19.9 Å². The van der Waals surface area contributed by atoms with Crippen molar-refractivity contribution < 1.29 is 28.9 Å². The lowest BCUT2D eigenvalue weighted by Gasteiger charge is -2.35. The Balaban J connectivity index is 2.22. The summed E-state index contributed by atoms with van der Waals surface area (Å²) >= 11 is 0. The van der Waals surface area contributed by atoms with Crippen molar-refractivity contribution >= 4 is 5.91 Å². The minimum atomic E-state index is -1.11. The molecule has 0 aliphatic carbocycles. The predicted molar refractivity (Wildman–Crippen MR) is 70.3 cm³/mol. The summed E-state index contributed by atoms with van der Waals surface area (Å²) in [6.07, 6.45) is -2.12. The van der Waals surface area contributed by atoms with Crippen LogP contribution in [0.2, 0.25) is 0 Å². The van der Waals surface area contributed by atoms with Crippen LogP contribution in [0.25, 0.3) is 0 Å². The average molecular weight is 302 g/mol. The fraction of sp³-hybridized carbons (Fsp3) is 0.615. The topological polar surface area (TPSA) is 91.3 Å². The zero-order valence-electron chi connectivity index (χ0n) is 11.7. The van der Waals surface area contributed by atoms with Crippen LogP contribution in [0.15, 0.2) is 24.2 Å². The highest BCUT2D eigenvalue weighted by Crippen LogP contribution is 2.30. The van der Waals surface area contributed by atoms with Crippen LogP contribution in [-0.4, -0.2) is 65.4 Å². The Kier molecular flexibility index (Phi) is 4.94. The summed E-state index contributed by atoms with van der Waals surface area (Å²) in [5.74, 6) is -0.0232. The SMILES string of the molecule is C=C1NC(=O)C(C)=CN1[C@@H]1O[C@H](CO)C(O)[C@@H]1OCCF. The standard InChI is InChI=1S/C13H19FN2O5/c1-7-5-16(8(2)15-12(7)19)13-11(20-4-3-14)10(18)9(6-17)21-13/h5,9-11,13,17-18H,2-4,6H2,1H3,(H,15,19)/t9-,10?,11+,13-/m1/s1. The number of carbonyl (C=O) groups is 1. The van der Waals surface area contributed by atoms with Gasteiger partial charge in [0.05, 0.1) is 13.2 Å². The molecular formula is C13H19FN2O5. The first-order valence-corrected chi connectivity index (χ1v) is 6.58. The Morgan fingerprint density at radius 2 is 2.33 bits per heavy atom. The number of rotatable bonds is 5. The van der Waals surface area contributed by atoms with E-state index >= 15 is 0 Å². The zero-order chi connectivity index (χ0) is 15.6. The fourth-order valence-electron chi connectivity index (χ4n) is 2.32. The lowest BCUT2D eigenvalue weighted by atomic mass is 10.1. The van der Waals surface area contributed by atoms with Crippen molar-refractivity contribution in [3.8, 4) is 0 Å². The number of aliphatic hydroxyl groups excluding tert-OH is 2. The molecule has 3 N–H and O–H groups in total. The van der Waals surface area contributed by atoms with Gasteiger partial charge in [0.15, 0.2) is 6.23 Å². The van der Waals surface area contributed by atoms with E-state index in [4.69, 9.17) is 9.47 Å². The molecular weight excluding hydrogens is 283 g/mol. The molecule has 0 aromatic heterocycles. The molecule has 2 aliphatic heterocycles. The third-order valence-electron chi connectivity index (χ3n) is 3.41. The van der Waals surface area contributed by atoms with Crippen LogP contribution < -0.4 is 5.32 Å². The molecule has 0 saturated carbocycles. The molecule has 1 amide bonds. The Morgan fingerprint density at radius 3 is 2.95 bits per heavy atom. The van der Waals surface area contributed by atoms with Gasteiger partial charge in [-0.2, -0.15) is 0 Å². The molecule has 4 atom stereocenters. The third-order valence-corrected chi connectivity index (χ3v) is 3.41. The number of aliphatic hydroxyl groups is 2. The number of alkyl halides is 1. The number of ether oxygens (including phenoxy) is 2. The van der Waals surface area contributed by atoms with Crippen LogP contribution in [0.4, 0.5) is 4.39 Å². The van der Waals surface area contributed by atoms with Crippen LogP contribution in [-0.2, 0) is 14.3 Å². The molecule has 0 bridgehead atoms. The molecule has 0 aromatic rings. The van der Waals surface area contributed by atoms with Gasteiger partial charge >= 0.3 is 0 Å². The van der Waals surface area contributed by atoms with E-state index in [9.17, 15) is 19.4 Å². The third kappa shape index (κ3) is 3.08. The van der Waals surface area contributed by atoms with Crippen molar-refractivity contribution in [3.05, 3.63) is 24.2 Å². The van der Waals surface area contributed by atoms with Gasteiger partial charge in [0.25, 0.3) is 5.91 Å². The molecule has 0 aromatic carbocycles. The van der Waals surface area contributed by atoms with Gasteiger partial charge in [0.2, 0.25) is 0 Å². The normalized spacial score (nSPS) is 33.1. The van der Waals surface area contributed by atoms with E-state index in [0.29, 0.717) is 5.57 Å². The molecule has 0 spiro atoms. The molecule has 0 radical (unpaired) electrons. The van der Waals surface area contributed by atoms with E-state index in [0.717, 1.165) is 0 Å². The lowest BCUT2D eigenvalue weighted by Crippen LogP contribution is -2.48. The number of carbonyl (C=O) groups excluding carboxylic acids is 1. The second kappa shape index (κ2) is 6.52. The molecule has 1 fully saturated rings. The number of halogens is 1. The summed E-state index contributed by atoms with van der Waals surface area (Å²) in [6.45, 7) is 4.02. The van der Waals surface area contributed by atoms with E-state index in [-0.39, 0.29) is 18.3 Å².